The van der Waals surface area contributed by atoms with Crippen molar-refractivity contribution in [3.05, 3.63) is 23.8 Å². The largest absolute Gasteiger partial charge is 2.00 e. The Bertz CT molecular complexity index is 402. The third kappa shape index (κ3) is 2.99. The third-order valence-corrected chi connectivity index (χ3v) is 2.33. The molecular weight excluding hydrogens is 237 g/mol. The first-order valence-electron chi connectivity index (χ1n) is 3.23. The van der Waals surface area contributed by atoms with E-state index in [1.807, 2.05) is 0 Å². The number of nitrogens with two attached hydrogens (primary N) is 1. The minimum Gasteiger partial charge on any atom is -0.744 e. The van der Waals surface area contributed by atoms with Crippen LogP contribution in [0.4, 0.5) is 5.69 Å². The van der Waals surface area contributed by atoms with E-state index < -0.39 is 10.1 Å². The second-order valence-corrected chi connectivity index (χ2v) is 3.84. The van der Waals surface area contributed by atoms with Crippen molar-refractivity contribution in [1.29, 1.82) is 0 Å². The molecule has 4 nitrogen and oxygen atoms in total. The average molecular weight is 245 g/mol. The van der Waals surface area contributed by atoms with Crippen molar-refractivity contribution >= 4 is 15.8 Å². The molecule has 1 rings (SSSR count). The summed E-state index contributed by atoms with van der Waals surface area (Å²) in [6, 6.07) is 4.31. The predicted molar refractivity (Wildman–Crippen MR) is 43.6 cm³/mol. The summed E-state index contributed by atoms with van der Waals surface area (Å²) in [5, 5.41) is 0. The van der Waals surface area contributed by atoms with Gasteiger partial charge in [0.2, 0.25) is 0 Å². The Morgan fingerprint density at radius 1 is 1.38 bits per heavy atom. The van der Waals surface area contributed by atoms with E-state index in [1.54, 1.807) is 13.0 Å². The Kier molecular flexibility index (Phi) is 3.91. The van der Waals surface area contributed by atoms with Crippen molar-refractivity contribution < 1.29 is 29.5 Å². The van der Waals surface area contributed by atoms with Gasteiger partial charge in [-0.05, 0) is 24.6 Å². The molecule has 13 heavy (non-hydrogen) atoms. The smallest absolute Gasteiger partial charge is 0.744 e. The Morgan fingerprint density at radius 3 is 2.31 bits per heavy atom. The standard InChI is InChI=1S/C7H9NO3S.Ni/c1-5-2-3-6(8)7(4-5)12(9,10)11;/h2-4H,8H2,1H3,(H,9,10,11);/q;+2/p-1. The number of hydrogen-bond acceptors (Lipinski definition) is 4. The molecule has 0 radical (unpaired) electrons. The van der Waals surface area contributed by atoms with Crippen LogP contribution in [0.15, 0.2) is 23.1 Å². The van der Waals surface area contributed by atoms with Crippen molar-refractivity contribution in [2.24, 2.45) is 0 Å². The molecule has 0 aliphatic rings. The molecular formula is C7H8NNiO3S+. The van der Waals surface area contributed by atoms with Gasteiger partial charge in [0, 0.05) is 5.69 Å². The van der Waals surface area contributed by atoms with E-state index in [0.717, 1.165) is 0 Å². The quantitative estimate of drug-likeness (QED) is 0.443. The molecule has 0 amide bonds. The van der Waals surface area contributed by atoms with Crippen molar-refractivity contribution in [3.8, 4) is 0 Å². The number of nitrogen functional groups attached to an aromatic ring is 1. The number of anilines is 1. The van der Waals surface area contributed by atoms with Crippen LogP contribution in [0.1, 0.15) is 5.56 Å². The summed E-state index contributed by atoms with van der Waals surface area (Å²) in [6.07, 6.45) is 0. The van der Waals surface area contributed by atoms with Crippen molar-refractivity contribution in [2.45, 2.75) is 11.8 Å². The fourth-order valence-electron chi connectivity index (χ4n) is 0.858. The zero-order chi connectivity index (χ0) is 9.35. The minimum atomic E-state index is -4.43. The van der Waals surface area contributed by atoms with Crippen LogP contribution >= 0.6 is 0 Å². The van der Waals surface area contributed by atoms with E-state index >= 15 is 0 Å². The first kappa shape index (κ1) is 12.4. The third-order valence-electron chi connectivity index (χ3n) is 1.44. The molecule has 6 heteroatoms. The first-order valence-corrected chi connectivity index (χ1v) is 4.64. The molecule has 1 aromatic carbocycles. The molecule has 0 saturated heterocycles. The van der Waals surface area contributed by atoms with Crippen molar-refractivity contribution in [2.75, 3.05) is 5.73 Å². The average Bonchev–Trinajstić information content (AvgIpc) is 1.92. The molecule has 0 unspecified atom stereocenters. The van der Waals surface area contributed by atoms with Gasteiger partial charge in [0.15, 0.2) is 0 Å². The molecule has 0 aliphatic heterocycles. The summed E-state index contributed by atoms with van der Waals surface area (Å²) in [6.45, 7) is 1.69. The van der Waals surface area contributed by atoms with E-state index in [0.29, 0.717) is 5.56 Å². The SMILES string of the molecule is Cc1ccc(N)c(S(=O)(=O)[O-])c1.[Ni+2]. The van der Waals surface area contributed by atoms with Crippen LogP contribution in [-0.4, -0.2) is 13.0 Å². The zero-order valence-electron chi connectivity index (χ0n) is 6.76. The normalized spacial score (nSPS) is 10.6. The van der Waals surface area contributed by atoms with Gasteiger partial charge in [-0.2, -0.15) is 0 Å². The molecule has 1 aromatic rings. The minimum absolute atomic E-state index is 0. The van der Waals surface area contributed by atoms with Gasteiger partial charge in [-0.25, -0.2) is 8.42 Å². The molecule has 0 spiro atoms. The van der Waals surface area contributed by atoms with Gasteiger partial charge in [0.25, 0.3) is 0 Å². The van der Waals surface area contributed by atoms with E-state index in [2.05, 4.69) is 0 Å². The molecule has 0 aliphatic carbocycles. The van der Waals surface area contributed by atoms with Crippen LogP contribution in [0, 0.1) is 6.92 Å². The van der Waals surface area contributed by atoms with Crippen molar-refractivity contribution in [1.82, 2.24) is 0 Å². The molecule has 0 atom stereocenters. The molecule has 2 N–H and O–H groups in total. The molecule has 0 saturated carbocycles. The summed E-state index contributed by atoms with van der Waals surface area (Å²) >= 11 is 0. The zero-order valence-corrected chi connectivity index (χ0v) is 8.56. The van der Waals surface area contributed by atoms with Crippen LogP contribution in [0.5, 0.6) is 0 Å². The maximum atomic E-state index is 10.6. The summed E-state index contributed by atoms with van der Waals surface area (Å²) in [5.41, 5.74) is 5.99. The van der Waals surface area contributed by atoms with Gasteiger partial charge in [-0.15, -0.1) is 0 Å². The van der Waals surface area contributed by atoms with Crippen LogP contribution in [-0.2, 0) is 26.6 Å². The summed E-state index contributed by atoms with van der Waals surface area (Å²) in [5.74, 6) is 0. The number of hydrogen-bond donors (Lipinski definition) is 1. The number of benzene rings is 1. The summed E-state index contributed by atoms with van der Waals surface area (Å²) < 4.78 is 31.7. The monoisotopic (exact) mass is 244 g/mol. The van der Waals surface area contributed by atoms with Gasteiger partial charge < -0.3 is 10.3 Å². The molecule has 0 bridgehead atoms. The van der Waals surface area contributed by atoms with E-state index in [9.17, 15) is 13.0 Å². The Hall–Kier alpha value is -0.576. The van der Waals surface area contributed by atoms with Crippen molar-refractivity contribution in [3.63, 3.8) is 0 Å². The Labute approximate surface area is 86.8 Å². The van der Waals surface area contributed by atoms with Gasteiger partial charge in [0.05, 0.1) is 4.90 Å². The molecule has 74 valence electrons. The molecule has 0 aromatic heterocycles. The number of rotatable bonds is 1. The molecule has 0 heterocycles. The van der Waals surface area contributed by atoms with Gasteiger partial charge in [-0.3, -0.25) is 0 Å². The Morgan fingerprint density at radius 2 is 1.92 bits per heavy atom. The second kappa shape index (κ2) is 4.09. The van der Waals surface area contributed by atoms with E-state index in [-0.39, 0.29) is 27.1 Å². The maximum Gasteiger partial charge on any atom is 2.00 e. The van der Waals surface area contributed by atoms with E-state index in [1.165, 1.54) is 12.1 Å². The van der Waals surface area contributed by atoms with Crippen LogP contribution < -0.4 is 5.73 Å². The fraction of sp³-hybridized carbons (Fsp3) is 0.143. The second-order valence-electron chi connectivity index (χ2n) is 2.50. The van der Waals surface area contributed by atoms with Gasteiger partial charge >= 0.3 is 16.5 Å². The maximum absolute atomic E-state index is 10.6. The van der Waals surface area contributed by atoms with Gasteiger partial charge in [0.1, 0.15) is 10.1 Å². The predicted octanol–water partition coefficient (Wildman–Crippen LogP) is 0.479. The summed E-state index contributed by atoms with van der Waals surface area (Å²) in [4.78, 5) is -0.345. The van der Waals surface area contributed by atoms with Crippen LogP contribution in [0.25, 0.3) is 0 Å². The van der Waals surface area contributed by atoms with Gasteiger partial charge in [-0.1, -0.05) is 6.07 Å². The number of aryl methyl sites for hydroxylation is 1. The fourth-order valence-corrected chi connectivity index (χ4v) is 1.55. The summed E-state index contributed by atoms with van der Waals surface area (Å²) in [7, 11) is -4.43. The first-order chi connectivity index (χ1) is 5.41. The topological polar surface area (TPSA) is 83.2 Å². The van der Waals surface area contributed by atoms with Crippen LogP contribution in [0.2, 0.25) is 0 Å². The Balaban J connectivity index is 0.00000144. The van der Waals surface area contributed by atoms with Crippen LogP contribution in [0.3, 0.4) is 0 Å². The molecule has 0 fully saturated rings. The van der Waals surface area contributed by atoms with E-state index in [4.69, 9.17) is 5.73 Å².